The average Bonchev–Trinajstić information content (AvgIpc) is 3.13. The summed E-state index contributed by atoms with van der Waals surface area (Å²) in [6.07, 6.45) is 5.44. The Hall–Kier alpha value is -3.08. The number of benzene rings is 2. The first-order valence-corrected chi connectivity index (χ1v) is 8.65. The van der Waals surface area contributed by atoms with Crippen LogP contribution in [0.4, 0.5) is 0 Å². The molecule has 0 atom stereocenters. The Balaban J connectivity index is 1.45. The molecule has 5 nitrogen and oxygen atoms in total. The fourth-order valence-corrected chi connectivity index (χ4v) is 2.74. The van der Waals surface area contributed by atoms with E-state index in [0.29, 0.717) is 18.7 Å². The van der Waals surface area contributed by atoms with Crippen molar-refractivity contribution >= 4 is 5.91 Å². The highest BCUT2D eigenvalue weighted by Gasteiger charge is 2.06. The van der Waals surface area contributed by atoms with Crippen LogP contribution >= 0.6 is 0 Å². The number of amides is 1. The van der Waals surface area contributed by atoms with Gasteiger partial charge in [-0.05, 0) is 43.2 Å². The molecule has 1 heterocycles. The molecule has 1 N–H and O–H groups in total. The van der Waals surface area contributed by atoms with Crippen molar-refractivity contribution in [1.29, 1.82) is 0 Å². The van der Waals surface area contributed by atoms with Crippen LogP contribution in [-0.2, 0) is 6.54 Å². The van der Waals surface area contributed by atoms with E-state index in [0.717, 1.165) is 23.4 Å². The summed E-state index contributed by atoms with van der Waals surface area (Å²) in [4.78, 5) is 16.2. The van der Waals surface area contributed by atoms with Gasteiger partial charge in [-0.15, -0.1) is 0 Å². The molecule has 0 aliphatic heterocycles. The van der Waals surface area contributed by atoms with Crippen LogP contribution in [0.2, 0.25) is 0 Å². The number of hydrogen-bond donors (Lipinski definition) is 1. The lowest BCUT2D eigenvalue weighted by molar-refractivity contribution is 0.0947. The molecule has 0 fully saturated rings. The highest BCUT2D eigenvalue weighted by atomic mass is 16.5. The molecule has 134 valence electrons. The van der Waals surface area contributed by atoms with Crippen molar-refractivity contribution in [3.05, 3.63) is 83.4 Å². The summed E-state index contributed by atoms with van der Waals surface area (Å²) in [6.45, 7) is 5.72. The summed E-state index contributed by atoms with van der Waals surface area (Å²) < 4.78 is 7.72. The van der Waals surface area contributed by atoms with Crippen molar-refractivity contribution in [3.63, 3.8) is 0 Å². The molecule has 0 spiro atoms. The molecular formula is C21H23N3O2. The minimum absolute atomic E-state index is 0.0941. The Bertz CT molecular complexity index is 855. The third-order valence-electron chi connectivity index (χ3n) is 4.12. The summed E-state index contributed by atoms with van der Waals surface area (Å²) in [7, 11) is 0. The van der Waals surface area contributed by atoms with Crippen molar-refractivity contribution < 1.29 is 9.53 Å². The van der Waals surface area contributed by atoms with E-state index < -0.39 is 0 Å². The molecule has 26 heavy (non-hydrogen) atoms. The molecule has 0 saturated heterocycles. The van der Waals surface area contributed by atoms with Gasteiger partial charge in [-0.1, -0.05) is 29.8 Å². The van der Waals surface area contributed by atoms with Crippen molar-refractivity contribution in [2.45, 2.75) is 20.4 Å². The van der Waals surface area contributed by atoms with Crippen LogP contribution < -0.4 is 10.1 Å². The molecule has 1 amide bonds. The van der Waals surface area contributed by atoms with Gasteiger partial charge >= 0.3 is 0 Å². The molecule has 0 aliphatic carbocycles. The third-order valence-corrected chi connectivity index (χ3v) is 4.12. The van der Waals surface area contributed by atoms with E-state index in [1.165, 1.54) is 5.56 Å². The molecule has 0 aliphatic rings. The van der Waals surface area contributed by atoms with E-state index in [1.807, 2.05) is 54.1 Å². The second kappa shape index (κ2) is 8.34. The first-order valence-electron chi connectivity index (χ1n) is 8.65. The Morgan fingerprint density at radius 3 is 2.65 bits per heavy atom. The number of carbonyl (C=O) groups excluding carboxylic acids is 1. The number of imidazole rings is 1. The Morgan fingerprint density at radius 1 is 1.15 bits per heavy atom. The van der Waals surface area contributed by atoms with Gasteiger partial charge in [0.25, 0.3) is 5.91 Å². The number of aryl methyl sites for hydroxylation is 2. The van der Waals surface area contributed by atoms with Gasteiger partial charge in [0.1, 0.15) is 12.4 Å². The number of nitrogens with zero attached hydrogens (tertiary/aromatic N) is 2. The fourth-order valence-electron chi connectivity index (χ4n) is 2.74. The smallest absolute Gasteiger partial charge is 0.251 e. The standard InChI is InChI=1S/C21H23N3O2/c1-16-3-8-20(17(2)13-16)26-12-10-23-21(25)19-6-4-18(5-7-19)14-24-11-9-22-15-24/h3-9,11,13,15H,10,12,14H2,1-2H3,(H,23,25). The van der Waals surface area contributed by atoms with Gasteiger partial charge in [-0.2, -0.15) is 0 Å². The Morgan fingerprint density at radius 2 is 1.96 bits per heavy atom. The van der Waals surface area contributed by atoms with Gasteiger partial charge in [-0.25, -0.2) is 4.98 Å². The minimum Gasteiger partial charge on any atom is -0.491 e. The van der Waals surface area contributed by atoms with Crippen LogP contribution in [0.5, 0.6) is 5.75 Å². The summed E-state index contributed by atoms with van der Waals surface area (Å²) in [6, 6.07) is 13.7. The van der Waals surface area contributed by atoms with Crippen molar-refractivity contribution in [2.24, 2.45) is 0 Å². The molecule has 1 aromatic heterocycles. The van der Waals surface area contributed by atoms with E-state index in [1.54, 1.807) is 12.5 Å². The highest BCUT2D eigenvalue weighted by Crippen LogP contribution is 2.18. The van der Waals surface area contributed by atoms with Gasteiger partial charge in [0, 0.05) is 24.5 Å². The van der Waals surface area contributed by atoms with E-state index in [-0.39, 0.29) is 5.91 Å². The maximum absolute atomic E-state index is 12.2. The molecular weight excluding hydrogens is 326 g/mol. The van der Waals surface area contributed by atoms with E-state index in [2.05, 4.69) is 23.3 Å². The first-order chi connectivity index (χ1) is 12.6. The zero-order valence-corrected chi connectivity index (χ0v) is 15.1. The maximum atomic E-state index is 12.2. The summed E-state index contributed by atoms with van der Waals surface area (Å²) in [5.74, 6) is 0.761. The molecule has 3 rings (SSSR count). The first kappa shape index (κ1) is 17.7. The number of carbonyl (C=O) groups is 1. The largest absolute Gasteiger partial charge is 0.491 e. The second-order valence-corrected chi connectivity index (χ2v) is 6.31. The quantitative estimate of drug-likeness (QED) is 0.666. The van der Waals surface area contributed by atoms with Gasteiger partial charge in [0.2, 0.25) is 0 Å². The van der Waals surface area contributed by atoms with Crippen LogP contribution in [0.15, 0.2) is 61.2 Å². The summed E-state index contributed by atoms with van der Waals surface area (Å²) in [5.41, 5.74) is 4.08. The van der Waals surface area contributed by atoms with Crippen molar-refractivity contribution in [3.8, 4) is 5.75 Å². The molecule has 0 bridgehead atoms. The second-order valence-electron chi connectivity index (χ2n) is 6.31. The van der Waals surface area contributed by atoms with Crippen LogP contribution in [0, 0.1) is 13.8 Å². The number of hydrogen-bond acceptors (Lipinski definition) is 3. The lowest BCUT2D eigenvalue weighted by atomic mass is 10.1. The van der Waals surface area contributed by atoms with E-state index in [9.17, 15) is 4.79 Å². The number of ether oxygens (including phenoxy) is 1. The lowest BCUT2D eigenvalue weighted by Gasteiger charge is -2.11. The maximum Gasteiger partial charge on any atom is 0.251 e. The number of aromatic nitrogens is 2. The minimum atomic E-state index is -0.0941. The third kappa shape index (κ3) is 4.72. The lowest BCUT2D eigenvalue weighted by Crippen LogP contribution is -2.28. The van der Waals surface area contributed by atoms with Crippen LogP contribution in [-0.4, -0.2) is 28.6 Å². The topological polar surface area (TPSA) is 56.1 Å². The predicted molar refractivity (Wildman–Crippen MR) is 102 cm³/mol. The van der Waals surface area contributed by atoms with E-state index in [4.69, 9.17) is 4.74 Å². The zero-order valence-electron chi connectivity index (χ0n) is 15.1. The Kier molecular flexibility index (Phi) is 5.69. The van der Waals surface area contributed by atoms with Crippen molar-refractivity contribution in [2.75, 3.05) is 13.2 Å². The zero-order chi connectivity index (χ0) is 18.4. The van der Waals surface area contributed by atoms with Gasteiger partial charge in [0.05, 0.1) is 12.9 Å². The number of nitrogens with one attached hydrogen (secondary N) is 1. The molecule has 0 unspecified atom stereocenters. The fraction of sp³-hybridized carbons (Fsp3) is 0.238. The molecule has 2 aromatic carbocycles. The van der Waals surface area contributed by atoms with Gasteiger partial charge in [0.15, 0.2) is 0 Å². The SMILES string of the molecule is Cc1ccc(OCCNC(=O)c2ccc(Cn3ccnc3)cc2)c(C)c1. The summed E-state index contributed by atoms with van der Waals surface area (Å²) in [5, 5.41) is 2.89. The molecule has 0 radical (unpaired) electrons. The van der Waals surface area contributed by atoms with Crippen LogP contribution in [0.3, 0.4) is 0 Å². The van der Waals surface area contributed by atoms with Gasteiger partial charge in [-0.3, -0.25) is 4.79 Å². The van der Waals surface area contributed by atoms with Crippen LogP contribution in [0.25, 0.3) is 0 Å². The van der Waals surface area contributed by atoms with Crippen LogP contribution in [0.1, 0.15) is 27.0 Å². The highest BCUT2D eigenvalue weighted by molar-refractivity contribution is 5.94. The average molecular weight is 349 g/mol. The molecule has 3 aromatic rings. The monoisotopic (exact) mass is 349 g/mol. The molecule has 5 heteroatoms. The predicted octanol–water partition coefficient (Wildman–Crippen LogP) is 3.36. The normalized spacial score (nSPS) is 10.5. The Labute approximate surface area is 153 Å². The van der Waals surface area contributed by atoms with E-state index >= 15 is 0 Å². The summed E-state index contributed by atoms with van der Waals surface area (Å²) >= 11 is 0. The number of rotatable bonds is 7. The van der Waals surface area contributed by atoms with Gasteiger partial charge < -0.3 is 14.6 Å². The molecule has 0 saturated carbocycles. The van der Waals surface area contributed by atoms with Crippen molar-refractivity contribution in [1.82, 2.24) is 14.9 Å².